The standard InChI is InChI=1S/C21H27N5O/c1-27-21-7-4-5-18(13-21)17-8-11-26(12-9-17)16-20(25-22)15-23-14-19-6-2-3-10-24-19/h2-7,10,13,15,17,22-23H,8-9,11-12,14,16H2,1H3/b20-15-,25-22?. The normalized spacial score (nSPS) is 16.1. The molecule has 2 aromatic rings. The molecular formula is C21H27N5O. The zero-order chi connectivity index (χ0) is 18.9. The third-order valence-electron chi connectivity index (χ3n) is 4.96. The van der Waals surface area contributed by atoms with Crippen molar-refractivity contribution in [3.63, 3.8) is 0 Å². The Hall–Kier alpha value is -2.73. The van der Waals surface area contributed by atoms with Gasteiger partial charge in [-0.05, 0) is 61.7 Å². The highest BCUT2D eigenvalue weighted by molar-refractivity contribution is 5.31. The molecule has 6 nitrogen and oxygen atoms in total. The van der Waals surface area contributed by atoms with Crippen LogP contribution in [0.3, 0.4) is 0 Å². The molecule has 1 aliphatic heterocycles. The summed E-state index contributed by atoms with van der Waals surface area (Å²) in [5.74, 6) is 1.49. The van der Waals surface area contributed by atoms with E-state index in [2.05, 4.69) is 38.5 Å². The number of piperidine rings is 1. The molecule has 2 N–H and O–H groups in total. The van der Waals surface area contributed by atoms with Crippen LogP contribution in [-0.4, -0.2) is 36.6 Å². The van der Waals surface area contributed by atoms with Gasteiger partial charge < -0.3 is 10.1 Å². The summed E-state index contributed by atoms with van der Waals surface area (Å²) in [6, 6.07) is 14.2. The number of hydrogen-bond acceptors (Lipinski definition) is 6. The van der Waals surface area contributed by atoms with E-state index in [1.54, 1.807) is 13.3 Å². The molecule has 0 amide bonds. The number of hydrogen-bond donors (Lipinski definition) is 2. The van der Waals surface area contributed by atoms with Crippen molar-refractivity contribution in [2.45, 2.75) is 25.3 Å². The molecule has 1 saturated heterocycles. The highest BCUT2D eigenvalue weighted by Gasteiger charge is 2.21. The average molecular weight is 365 g/mol. The summed E-state index contributed by atoms with van der Waals surface area (Å²) in [5.41, 5.74) is 10.5. The smallest absolute Gasteiger partial charge is 0.119 e. The minimum atomic E-state index is 0.569. The fraction of sp³-hybridized carbons (Fsp3) is 0.381. The summed E-state index contributed by atoms with van der Waals surface area (Å²) >= 11 is 0. The quantitative estimate of drug-likeness (QED) is 0.695. The van der Waals surface area contributed by atoms with Gasteiger partial charge in [-0.1, -0.05) is 18.2 Å². The lowest BCUT2D eigenvalue weighted by molar-refractivity contribution is 0.226. The molecule has 6 heteroatoms. The van der Waals surface area contributed by atoms with E-state index in [0.717, 1.165) is 43.1 Å². The van der Waals surface area contributed by atoms with Gasteiger partial charge in [0.25, 0.3) is 0 Å². The van der Waals surface area contributed by atoms with Crippen molar-refractivity contribution in [1.29, 1.82) is 5.53 Å². The second kappa shape index (κ2) is 9.83. The first-order valence-electron chi connectivity index (χ1n) is 9.34. The second-order valence-electron chi connectivity index (χ2n) is 6.78. The van der Waals surface area contributed by atoms with Crippen LogP contribution in [0, 0.1) is 5.53 Å². The Balaban J connectivity index is 1.48. The zero-order valence-corrected chi connectivity index (χ0v) is 15.8. The first-order chi connectivity index (χ1) is 13.3. The van der Waals surface area contributed by atoms with Gasteiger partial charge in [-0.2, -0.15) is 5.11 Å². The number of pyridine rings is 1. The number of nitrogens with one attached hydrogen (secondary N) is 2. The number of ether oxygens (including phenoxy) is 1. The fourth-order valence-electron chi connectivity index (χ4n) is 3.44. The van der Waals surface area contributed by atoms with Crippen LogP contribution >= 0.6 is 0 Å². The van der Waals surface area contributed by atoms with Gasteiger partial charge in [0.1, 0.15) is 5.75 Å². The average Bonchev–Trinajstić information content (AvgIpc) is 2.74. The van der Waals surface area contributed by atoms with Crippen LogP contribution in [0.5, 0.6) is 5.75 Å². The van der Waals surface area contributed by atoms with Crippen LogP contribution in [0.4, 0.5) is 0 Å². The minimum Gasteiger partial charge on any atom is -0.497 e. The van der Waals surface area contributed by atoms with Gasteiger partial charge in [-0.3, -0.25) is 9.88 Å². The molecule has 1 aliphatic rings. The monoisotopic (exact) mass is 365 g/mol. The third kappa shape index (κ3) is 5.62. The first-order valence-corrected chi connectivity index (χ1v) is 9.34. The molecule has 0 unspecified atom stereocenters. The van der Waals surface area contributed by atoms with Crippen molar-refractivity contribution in [2.75, 3.05) is 26.7 Å². The van der Waals surface area contributed by atoms with Crippen LogP contribution in [0.15, 0.2) is 65.7 Å². The molecule has 0 aliphatic carbocycles. The van der Waals surface area contributed by atoms with Crippen molar-refractivity contribution in [1.82, 2.24) is 15.2 Å². The van der Waals surface area contributed by atoms with Crippen molar-refractivity contribution < 1.29 is 4.74 Å². The molecule has 0 saturated carbocycles. The van der Waals surface area contributed by atoms with Crippen molar-refractivity contribution >= 4 is 0 Å². The predicted molar refractivity (Wildman–Crippen MR) is 106 cm³/mol. The summed E-state index contributed by atoms with van der Waals surface area (Å²) in [7, 11) is 1.71. The highest BCUT2D eigenvalue weighted by atomic mass is 16.5. The predicted octanol–water partition coefficient (Wildman–Crippen LogP) is 3.93. The lowest BCUT2D eigenvalue weighted by Crippen LogP contribution is -2.34. The van der Waals surface area contributed by atoms with Gasteiger partial charge in [0, 0.05) is 18.9 Å². The van der Waals surface area contributed by atoms with Crippen LogP contribution < -0.4 is 10.1 Å². The summed E-state index contributed by atoms with van der Waals surface area (Å²) < 4.78 is 5.34. The van der Waals surface area contributed by atoms with E-state index in [1.165, 1.54) is 5.56 Å². The number of likely N-dealkylation sites (tertiary alicyclic amines) is 1. The third-order valence-corrected chi connectivity index (χ3v) is 4.96. The lowest BCUT2D eigenvalue weighted by Gasteiger charge is -2.32. The highest BCUT2D eigenvalue weighted by Crippen LogP contribution is 2.30. The van der Waals surface area contributed by atoms with Crippen molar-refractivity contribution in [2.24, 2.45) is 5.11 Å². The van der Waals surface area contributed by atoms with Gasteiger partial charge in [-0.15, -0.1) is 0 Å². The first kappa shape index (κ1) is 19.0. The fourth-order valence-corrected chi connectivity index (χ4v) is 3.44. The maximum absolute atomic E-state index is 7.44. The molecular weight excluding hydrogens is 338 g/mol. The maximum atomic E-state index is 7.44. The maximum Gasteiger partial charge on any atom is 0.119 e. The molecule has 3 rings (SSSR count). The molecule has 1 aromatic heterocycles. The Bertz CT molecular complexity index is 754. The molecule has 2 heterocycles. The van der Waals surface area contributed by atoms with Gasteiger partial charge in [0.2, 0.25) is 0 Å². The molecule has 0 atom stereocenters. The van der Waals surface area contributed by atoms with Crippen molar-refractivity contribution in [3.8, 4) is 5.75 Å². The van der Waals surface area contributed by atoms with E-state index in [4.69, 9.17) is 10.3 Å². The molecule has 0 radical (unpaired) electrons. The Morgan fingerprint density at radius 1 is 1.30 bits per heavy atom. The Morgan fingerprint density at radius 3 is 2.85 bits per heavy atom. The van der Waals surface area contributed by atoms with Crippen LogP contribution in [0.2, 0.25) is 0 Å². The van der Waals surface area contributed by atoms with E-state index in [-0.39, 0.29) is 0 Å². The number of benzene rings is 1. The molecule has 0 spiro atoms. The lowest BCUT2D eigenvalue weighted by atomic mass is 9.89. The van der Waals surface area contributed by atoms with Gasteiger partial charge in [-0.25, -0.2) is 5.53 Å². The zero-order valence-electron chi connectivity index (χ0n) is 15.8. The molecule has 1 aromatic carbocycles. The van der Waals surface area contributed by atoms with E-state index in [9.17, 15) is 0 Å². The number of aromatic nitrogens is 1. The molecule has 27 heavy (non-hydrogen) atoms. The van der Waals surface area contributed by atoms with E-state index < -0.39 is 0 Å². The summed E-state index contributed by atoms with van der Waals surface area (Å²) in [6.07, 6.45) is 5.83. The summed E-state index contributed by atoms with van der Waals surface area (Å²) in [5, 5.41) is 6.89. The number of methoxy groups -OCH3 is 1. The second-order valence-corrected chi connectivity index (χ2v) is 6.78. The molecule has 1 fully saturated rings. The van der Waals surface area contributed by atoms with Crippen LogP contribution in [-0.2, 0) is 6.54 Å². The Kier molecular flexibility index (Phi) is 6.93. The number of rotatable bonds is 8. The minimum absolute atomic E-state index is 0.569. The molecule has 0 bridgehead atoms. The number of nitrogens with zero attached hydrogens (tertiary/aromatic N) is 3. The van der Waals surface area contributed by atoms with Gasteiger partial charge in [0.05, 0.1) is 25.0 Å². The topological polar surface area (TPSA) is 73.6 Å². The van der Waals surface area contributed by atoms with E-state index in [1.807, 2.05) is 30.5 Å². The SMILES string of the molecule is COc1cccc(C2CCN(C/C(=C/NCc3ccccn3)N=N)CC2)c1. The van der Waals surface area contributed by atoms with Gasteiger partial charge >= 0.3 is 0 Å². The Morgan fingerprint density at radius 2 is 2.15 bits per heavy atom. The molecule has 142 valence electrons. The Labute approximate surface area is 160 Å². The van der Waals surface area contributed by atoms with E-state index >= 15 is 0 Å². The van der Waals surface area contributed by atoms with Gasteiger partial charge in [0.15, 0.2) is 0 Å². The van der Waals surface area contributed by atoms with Crippen LogP contribution in [0.1, 0.15) is 30.0 Å². The summed E-state index contributed by atoms with van der Waals surface area (Å²) in [6.45, 7) is 3.35. The van der Waals surface area contributed by atoms with Crippen molar-refractivity contribution in [3.05, 3.63) is 71.8 Å². The largest absolute Gasteiger partial charge is 0.497 e. The van der Waals surface area contributed by atoms with E-state index in [0.29, 0.717) is 19.0 Å². The van der Waals surface area contributed by atoms with Crippen LogP contribution in [0.25, 0.3) is 0 Å². The summed E-state index contributed by atoms with van der Waals surface area (Å²) in [4.78, 5) is 6.64.